The minimum atomic E-state index is 0.111. The zero-order valence-corrected chi connectivity index (χ0v) is 8.94. The molecule has 0 atom stereocenters. The molecule has 1 heterocycles. The molecule has 3 heteroatoms. The molecule has 0 aliphatic rings. The molecule has 0 aliphatic heterocycles. The topological polar surface area (TPSA) is 17.8 Å². The van der Waals surface area contributed by atoms with Crippen LogP contribution in [-0.2, 0) is 5.54 Å². The van der Waals surface area contributed by atoms with Crippen molar-refractivity contribution in [2.24, 2.45) is 0 Å². The number of rotatable bonds is 0. The Hall–Kier alpha value is -0.310. The van der Waals surface area contributed by atoms with E-state index >= 15 is 0 Å². The van der Waals surface area contributed by atoms with Crippen molar-refractivity contribution >= 4 is 15.9 Å². The fourth-order valence-corrected chi connectivity index (χ4v) is 2.11. The van der Waals surface area contributed by atoms with Gasteiger partial charge in [0, 0.05) is 5.54 Å². The van der Waals surface area contributed by atoms with Gasteiger partial charge >= 0.3 is 0 Å². The third-order valence-electron chi connectivity index (χ3n) is 1.57. The van der Waals surface area contributed by atoms with Crippen LogP contribution in [0.25, 0.3) is 0 Å². The summed E-state index contributed by atoms with van der Waals surface area (Å²) in [5.41, 5.74) is 0.111. The van der Waals surface area contributed by atoms with E-state index in [2.05, 4.69) is 46.3 Å². The highest BCUT2D eigenvalue weighted by atomic mass is 79.9. The minimum Gasteiger partial charge on any atom is -0.318 e. The summed E-state index contributed by atoms with van der Waals surface area (Å²) >= 11 is 3.45. The largest absolute Gasteiger partial charge is 0.318 e. The van der Waals surface area contributed by atoms with E-state index in [0.717, 1.165) is 10.4 Å². The van der Waals surface area contributed by atoms with E-state index in [0.29, 0.717) is 0 Å². The standard InChI is InChI=1S/C8H13BrN2/c1-6-10-5-7(9)11(6)8(2,3)4/h5H,1-4H3. The molecule has 0 aliphatic carbocycles. The molecular weight excluding hydrogens is 204 g/mol. The maximum Gasteiger partial charge on any atom is 0.106 e. The summed E-state index contributed by atoms with van der Waals surface area (Å²) in [5.74, 6) is 1.05. The van der Waals surface area contributed by atoms with Gasteiger partial charge in [0.1, 0.15) is 10.4 Å². The van der Waals surface area contributed by atoms with Gasteiger partial charge in [-0.25, -0.2) is 4.98 Å². The lowest BCUT2D eigenvalue weighted by molar-refractivity contribution is 0.381. The van der Waals surface area contributed by atoms with Gasteiger partial charge in [0.25, 0.3) is 0 Å². The third-order valence-corrected chi connectivity index (χ3v) is 2.13. The Morgan fingerprint density at radius 1 is 1.45 bits per heavy atom. The second-order valence-corrected chi connectivity index (χ2v) is 4.45. The Labute approximate surface area is 75.8 Å². The van der Waals surface area contributed by atoms with E-state index in [9.17, 15) is 0 Å². The van der Waals surface area contributed by atoms with E-state index in [1.165, 1.54) is 0 Å². The maximum absolute atomic E-state index is 4.20. The lowest BCUT2D eigenvalue weighted by Crippen LogP contribution is -2.23. The van der Waals surface area contributed by atoms with Crippen molar-refractivity contribution in [2.45, 2.75) is 33.2 Å². The highest BCUT2D eigenvalue weighted by Gasteiger charge is 2.17. The predicted molar refractivity (Wildman–Crippen MR) is 49.7 cm³/mol. The zero-order chi connectivity index (χ0) is 8.65. The molecule has 0 spiro atoms. The second kappa shape index (κ2) is 2.63. The van der Waals surface area contributed by atoms with Crippen molar-refractivity contribution < 1.29 is 0 Å². The molecule has 0 N–H and O–H groups in total. The van der Waals surface area contributed by atoms with Crippen LogP contribution >= 0.6 is 15.9 Å². The van der Waals surface area contributed by atoms with Gasteiger partial charge in [-0.3, -0.25) is 0 Å². The molecule has 0 unspecified atom stereocenters. The molecule has 1 aromatic rings. The van der Waals surface area contributed by atoms with E-state index in [-0.39, 0.29) is 5.54 Å². The number of nitrogens with zero attached hydrogens (tertiary/aromatic N) is 2. The van der Waals surface area contributed by atoms with Gasteiger partial charge in [-0.1, -0.05) is 0 Å². The van der Waals surface area contributed by atoms with Crippen molar-refractivity contribution in [1.29, 1.82) is 0 Å². The van der Waals surface area contributed by atoms with Crippen molar-refractivity contribution in [3.8, 4) is 0 Å². The summed E-state index contributed by atoms with van der Waals surface area (Å²) in [6, 6.07) is 0. The molecule has 0 saturated carbocycles. The van der Waals surface area contributed by atoms with Gasteiger partial charge in [0.05, 0.1) is 6.20 Å². The second-order valence-electron chi connectivity index (χ2n) is 3.63. The molecule has 0 radical (unpaired) electrons. The van der Waals surface area contributed by atoms with Crippen LogP contribution in [0.3, 0.4) is 0 Å². The Balaban J connectivity index is 3.21. The Kier molecular flexibility index (Phi) is 2.10. The van der Waals surface area contributed by atoms with Crippen LogP contribution in [0.2, 0.25) is 0 Å². The zero-order valence-electron chi connectivity index (χ0n) is 7.35. The van der Waals surface area contributed by atoms with E-state index in [4.69, 9.17) is 0 Å². The Morgan fingerprint density at radius 3 is 2.18 bits per heavy atom. The quantitative estimate of drug-likeness (QED) is 0.653. The van der Waals surface area contributed by atoms with Crippen LogP contribution in [0.1, 0.15) is 26.6 Å². The minimum absolute atomic E-state index is 0.111. The van der Waals surface area contributed by atoms with E-state index < -0.39 is 0 Å². The van der Waals surface area contributed by atoms with Gasteiger partial charge in [0.15, 0.2) is 0 Å². The average molecular weight is 217 g/mol. The molecule has 0 amide bonds. The summed E-state index contributed by atoms with van der Waals surface area (Å²) in [5, 5.41) is 0. The van der Waals surface area contributed by atoms with Crippen LogP contribution in [0.5, 0.6) is 0 Å². The smallest absolute Gasteiger partial charge is 0.106 e. The first-order valence-electron chi connectivity index (χ1n) is 3.63. The number of hydrogen-bond acceptors (Lipinski definition) is 1. The molecule has 11 heavy (non-hydrogen) atoms. The van der Waals surface area contributed by atoms with E-state index in [1.54, 1.807) is 0 Å². The van der Waals surface area contributed by atoms with E-state index in [1.807, 2.05) is 13.1 Å². The van der Waals surface area contributed by atoms with Crippen LogP contribution < -0.4 is 0 Å². The highest BCUT2D eigenvalue weighted by molar-refractivity contribution is 9.10. The summed E-state index contributed by atoms with van der Waals surface area (Å²) in [4.78, 5) is 4.20. The van der Waals surface area contributed by atoms with Crippen molar-refractivity contribution in [3.05, 3.63) is 16.6 Å². The van der Waals surface area contributed by atoms with Gasteiger partial charge in [-0.2, -0.15) is 0 Å². The van der Waals surface area contributed by atoms with Crippen molar-refractivity contribution in [1.82, 2.24) is 9.55 Å². The Morgan fingerprint density at radius 2 is 2.00 bits per heavy atom. The first-order chi connectivity index (χ1) is 4.93. The molecule has 0 saturated heterocycles. The van der Waals surface area contributed by atoms with Gasteiger partial charge < -0.3 is 4.57 Å². The summed E-state index contributed by atoms with van der Waals surface area (Å²) < 4.78 is 3.20. The molecule has 62 valence electrons. The fraction of sp³-hybridized carbons (Fsp3) is 0.625. The van der Waals surface area contributed by atoms with Gasteiger partial charge in [-0.05, 0) is 43.6 Å². The summed E-state index contributed by atoms with van der Waals surface area (Å²) in [6.45, 7) is 8.49. The lowest BCUT2D eigenvalue weighted by atomic mass is 10.1. The van der Waals surface area contributed by atoms with Gasteiger partial charge in [-0.15, -0.1) is 0 Å². The highest BCUT2D eigenvalue weighted by Crippen LogP contribution is 2.22. The van der Waals surface area contributed by atoms with Crippen LogP contribution in [0.4, 0.5) is 0 Å². The number of aromatic nitrogens is 2. The number of aryl methyl sites for hydroxylation is 1. The monoisotopic (exact) mass is 216 g/mol. The number of imidazole rings is 1. The number of halogens is 1. The van der Waals surface area contributed by atoms with Crippen LogP contribution in [0.15, 0.2) is 10.8 Å². The Bertz CT molecular complexity index is 238. The molecular formula is C8H13BrN2. The fourth-order valence-electron chi connectivity index (χ4n) is 1.22. The molecule has 2 nitrogen and oxygen atoms in total. The van der Waals surface area contributed by atoms with Gasteiger partial charge in [0.2, 0.25) is 0 Å². The normalized spacial score (nSPS) is 12.1. The first-order valence-corrected chi connectivity index (χ1v) is 4.42. The molecule has 1 rings (SSSR count). The maximum atomic E-state index is 4.20. The average Bonchev–Trinajstić information content (AvgIpc) is 2.08. The predicted octanol–water partition coefficient (Wildman–Crippen LogP) is 2.71. The van der Waals surface area contributed by atoms with Crippen molar-refractivity contribution in [2.75, 3.05) is 0 Å². The SMILES string of the molecule is Cc1ncc(Br)n1C(C)(C)C. The molecule has 0 fully saturated rings. The van der Waals surface area contributed by atoms with Crippen LogP contribution in [0, 0.1) is 6.92 Å². The molecule has 0 bridgehead atoms. The third kappa shape index (κ3) is 1.64. The summed E-state index contributed by atoms with van der Waals surface area (Å²) in [7, 11) is 0. The molecule has 0 aromatic carbocycles. The molecule has 1 aromatic heterocycles. The summed E-state index contributed by atoms with van der Waals surface area (Å²) in [6.07, 6.45) is 1.83. The van der Waals surface area contributed by atoms with Crippen molar-refractivity contribution in [3.63, 3.8) is 0 Å². The lowest BCUT2D eigenvalue weighted by Gasteiger charge is -2.23. The van der Waals surface area contributed by atoms with Crippen LogP contribution in [-0.4, -0.2) is 9.55 Å². The number of hydrogen-bond donors (Lipinski definition) is 0. The first kappa shape index (κ1) is 8.78.